The Bertz CT molecular complexity index is 2080. The Morgan fingerprint density at radius 1 is 1.05 bits per heavy atom. The van der Waals surface area contributed by atoms with Gasteiger partial charge in [0.15, 0.2) is 5.76 Å². The first-order valence-corrected chi connectivity index (χ1v) is 14.3. The Balaban J connectivity index is 1.41. The molecule has 0 fully saturated rings. The number of ether oxygens (including phenoxy) is 1. The third kappa shape index (κ3) is 5.48. The van der Waals surface area contributed by atoms with Crippen molar-refractivity contribution < 1.29 is 14.1 Å². The number of halogens is 2. The fraction of sp³-hybridized carbons (Fsp3) is 0.0645. The molecule has 0 bridgehead atoms. The van der Waals surface area contributed by atoms with Gasteiger partial charge in [-0.25, -0.2) is 4.98 Å². The molecule has 2 aromatic heterocycles. The van der Waals surface area contributed by atoms with Gasteiger partial charge in [-0.2, -0.15) is 9.78 Å². The van der Waals surface area contributed by atoms with Crippen molar-refractivity contribution in [3.05, 3.63) is 131 Å². The molecule has 0 aliphatic carbocycles. The maximum atomic E-state index is 13.6. The van der Waals surface area contributed by atoms with Crippen molar-refractivity contribution in [3.8, 4) is 17.3 Å². The molecule has 6 aromatic rings. The van der Waals surface area contributed by atoms with Crippen LogP contribution in [-0.4, -0.2) is 20.8 Å². The summed E-state index contributed by atoms with van der Waals surface area (Å²) in [6.07, 6.45) is 1.36. The van der Waals surface area contributed by atoms with Gasteiger partial charge in [-0.1, -0.05) is 57.9 Å². The van der Waals surface area contributed by atoms with Crippen molar-refractivity contribution in [2.75, 3.05) is 0 Å². The van der Waals surface area contributed by atoms with Crippen molar-refractivity contribution in [2.45, 2.75) is 13.5 Å². The van der Waals surface area contributed by atoms with Crippen molar-refractivity contribution >= 4 is 65.6 Å². The van der Waals surface area contributed by atoms with Crippen molar-refractivity contribution in [1.29, 1.82) is 0 Å². The summed E-state index contributed by atoms with van der Waals surface area (Å²) in [6.45, 7) is 2.13. The number of aromatic nitrogens is 2. The van der Waals surface area contributed by atoms with Gasteiger partial charge in [-0.15, -0.1) is 0 Å². The van der Waals surface area contributed by atoms with Crippen LogP contribution in [0.2, 0.25) is 0 Å². The van der Waals surface area contributed by atoms with Gasteiger partial charge in [-0.3, -0.25) is 14.9 Å². The summed E-state index contributed by atoms with van der Waals surface area (Å²) < 4.78 is 14.3. The van der Waals surface area contributed by atoms with Crippen LogP contribution in [0.3, 0.4) is 0 Å². The third-order valence-corrected chi connectivity index (χ3v) is 7.60. The molecule has 0 saturated carbocycles. The molecule has 208 valence electrons. The first kappa shape index (κ1) is 27.6. The Labute approximate surface area is 255 Å². The van der Waals surface area contributed by atoms with E-state index in [-0.39, 0.29) is 23.9 Å². The monoisotopic (exact) mass is 686 g/mol. The van der Waals surface area contributed by atoms with Gasteiger partial charge in [0, 0.05) is 21.5 Å². The number of hydrogen-bond acceptors (Lipinski definition) is 7. The highest BCUT2D eigenvalue weighted by molar-refractivity contribution is 9.10. The van der Waals surface area contributed by atoms with Gasteiger partial charge in [-0.05, 0) is 70.9 Å². The lowest BCUT2D eigenvalue weighted by Crippen LogP contribution is -2.20. The smallest absolute Gasteiger partial charge is 0.312 e. The minimum Gasteiger partial charge on any atom is -0.481 e. The molecule has 0 radical (unpaired) electrons. The predicted octanol–water partition coefficient (Wildman–Crippen LogP) is 8.01. The Kier molecular flexibility index (Phi) is 7.44. The molecule has 0 atom stereocenters. The lowest BCUT2D eigenvalue weighted by Gasteiger charge is -2.10. The molecule has 0 spiro atoms. The summed E-state index contributed by atoms with van der Waals surface area (Å²) in [5.41, 5.74) is 2.79. The van der Waals surface area contributed by atoms with E-state index in [1.54, 1.807) is 36.4 Å². The standard InChI is InChI=1S/C31H20Br2N4O5/c1-18-6-8-19(9-7-18)17-41-29-24(33)12-20(13-26(29)37(39)40)16-34-36-30(35-25-5-3-2-4-23(25)31(36)38)28-15-21-14-22(32)10-11-27(21)42-28/h2-16H,17H2,1H3. The number of nitrogens with zero attached hydrogens (tertiary/aromatic N) is 4. The van der Waals surface area contributed by atoms with Crippen LogP contribution < -0.4 is 10.3 Å². The summed E-state index contributed by atoms with van der Waals surface area (Å²) in [5, 5.41) is 17.6. The van der Waals surface area contributed by atoms with E-state index in [9.17, 15) is 14.9 Å². The van der Waals surface area contributed by atoms with E-state index >= 15 is 0 Å². The van der Waals surface area contributed by atoms with Crippen LogP contribution in [0.15, 0.2) is 108 Å². The minimum atomic E-state index is -0.520. The molecule has 42 heavy (non-hydrogen) atoms. The summed E-state index contributed by atoms with van der Waals surface area (Å²) in [4.78, 5) is 29.7. The molecule has 0 aliphatic heterocycles. The highest BCUT2D eigenvalue weighted by atomic mass is 79.9. The van der Waals surface area contributed by atoms with Crippen molar-refractivity contribution in [2.24, 2.45) is 5.10 Å². The second-order valence-electron chi connectivity index (χ2n) is 9.49. The molecule has 0 aliphatic rings. The quantitative estimate of drug-likeness (QED) is 0.0955. The van der Waals surface area contributed by atoms with Crippen molar-refractivity contribution in [1.82, 2.24) is 9.66 Å². The predicted molar refractivity (Wildman–Crippen MR) is 168 cm³/mol. The number of furan rings is 1. The molecule has 11 heteroatoms. The molecule has 0 saturated heterocycles. The van der Waals surface area contributed by atoms with E-state index in [1.807, 2.05) is 49.4 Å². The molecule has 6 rings (SSSR count). The van der Waals surface area contributed by atoms with Gasteiger partial charge in [0.05, 0.1) is 26.5 Å². The summed E-state index contributed by atoms with van der Waals surface area (Å²) >= 11 is 6.87. The summed E-state index contributed by atoms with van der Waals surface area (Å²) in [6, 6.07) is 25.0. The highest BCUT2D eigenvalue weighted by Crippen LogP contribution is 2.37. The van der Waals surface area contributed by atoms with Gasteiger partial charge >= 0.3 is 5.69 Å². The lowest BCUT2D eigenvalue weighted by atomic mass is 10.1. The maximum absolute atomic E-state index is 13.6. The Hall–Kier alpha value is -4.61. The first-order valence-electron chi connectivity index (χ1n) is 12.7. The fourth-order valence-electron chi connectivity index (χ4n) is 4.43. The van der Waals surface area contributed by atoms with Gasteiger partial charge in [0.1, 0.15) is 12.2 Å². The first-order chi connectivity index (χ1) is 20.3. The van der Waals surface area contributed by atoms with Gasteiger partial charge in [0.25, 0.3) is 5.56 Å². The maximum Gasteiger partial charge on any atom is 0.312 e. The van der Waals surface area contributed by atoms with Crippen LogP contribution in [0.1, 0.15) is 16.7 Å². The topological polar surface area (TPSA) is 113 Å². The van der Waals surface area contributed by atoms with Crippen LogP contribution in [0.5, 0.6) is 5.75 Å². The number of rotatable bonds is 7. The van der Waals surface area contributed by atoms with E-state index in [1.165, 1.54) is 12.3 Å². The molecule has 0 amide bonds. The van der Waals surface area contributed by atoms with Crippen LogP contribution >= 0.6 is 31.9 Å². The molecule has 2 heterocycles. The summed E-state index contributed by atoms with van der Waals surface area (Å²) in [5.74, 6) is 0.625. The zero-order chi connectivity index (χ0) is 29.4. The number of fused-ring (bicyclic) bond motifs is 2. The number of nitro groups is 1. The normalized spacial score (nSPS) is 11.5. The number of hydrogen-bond donors (Lipinski definition) is 0. The lowest BCUT2D eigenvalue weighted by molar-refractivity contribution is -0.386. The molecule has 0 unspecified atom stereocenters. The van der Waals surface area contributed by atoms with Gasteiger partial charge < -0.3 is 9.15 Å². The van der Waals surface area contributed by atoms with E-state index in [4.69, 9.17) is 9.15 Å². The second kappa shape index (κ2) is 11.3. The van der Waals surface area contributed by atoms with E-state index < -0.39 is 10.5 Å². The number of benzene rings is 4. The molecular weight excluding hydrogens is 668 g/mol. The van der Waals surface area contributed by atoms with Crippen molar-refractivity contribution in [3.63, 3.8) is 0 Å². The zero-order valence-electron chi connectivity index (χ0n) is 22.0. The van der Waals surface area contributed by atoms with E-state index in [0.29, 0.717) is 32.3 Å². The Morgan fingerprint density at radius 2 is 1.83 bits per heavy atom. The van der Waals surface area contributed by atoms with Crippen LogP contribution in [0.4, 0.5) is 5.69 Å². The van der Waals surface area contributed by atoms with E-state index in [0.717, 1.165) is 25.7 Å². The molecule has 0 N–H and O–H groups in total. The molecule has 9 nitrogen and oxygen atoms in total. The second-order valence-corrected chi connectivity index (χ2v) is 11.3. The minimum absolute atomic E-state index is 0.0939. The third-order valence-electron chi connectivity index (χ3n) is 6.52. The van der Waals surface area contributed by atoms with Crippen LogP contribution in [-0.2, 0) is 6.61 Å². The molecular formula is C31H20Br2N4O5. The number of aryl methyl sites for hydroxylation is 1. The van der Waals surface area contributed by atoms with Gasteiger partial charge in [0.2, 0.25) is 11.6 Å². The largest absolute Gasteiger partial charge is 0.481 e. The number of nitro benzene ring substituents is 1. The fourth-order valence-corrected chi connectivity index (χ4v) is 5.39. The Morgan fingerprint density at radius 3 is 2.62 bits per heavy atom. The highest BCUT2D eigenvalue weighted by Gasteiger charge is 2.21. The zero-order valence-corrected chi connectivity index (χ0v) is 25.1. The van der Waals surface area contributed by atoms with Crippen LogP contribution in [0, 0.1) is 17.0 Å². The van der Waals surface area contributed by atoms with Crippen LogP contribution in [0.25, 0.3) is 33.5 Å². The average Bonchev–Trinajstić information content (AvgIpc) is 3.39. The SMILES string of the molecule is Cc1ccc(COc2c(Br)cc(C=Nn3c(-c4cc5cc(Br)ccc5o4)nc4ccccc4c3=O)cc2[N+](=O)[O-])cc1. The number of para-hydroxylation sites is 1. The summed E-state index contributed by atoms with van der Waals surface area (Å²) in [7, 11) is 0. The van der Waals surface area contributed by atoms with E-state index in [2.05, 4.69) is 41.9 Å². The molecule has 4 aromatic carbocycles. The average molecular weight is 688 g/mol.